The molecule has 2 aliphatic rings. The summed E-state index contributed by atoms with van der Waals surface area (Å²) in [7, 11) is -7.07. The Balaban J connectivity index is 0.000000226. The molecule has 314 valence electrons. The molecule has 1 N–H and O–H groups in total. The van der Waals surface area contributed by atoms with Crippen LogP contribution in [0, 0.1) is 10.8 Å². The zero-order valence-corrected chi connectivity index (χ0v) is 36.3. The number of fused-ring (bicyclic) bond motifs is 2. The number of phenols is 1. The fourth-order valence-electron chi connectivity index (χ4n) is 8.13. The monoisotopic (exact) mass is 832 g/mol. The normalized spacial score (nSPS) is 20.6. The Morgan fingerprint density at radius 3 is 1.57 bits per heavy atom. The SMILES string of the molecule is CCCCC1(CC)CN(c2ccccc2)c2ccc(O)cc2S(=O)(=O)C1.CCCCC1(CC)CN(c2ccccc2)c2ccc(OCC(=O)OCC)cc2S(=O)(=O)C1. The third kappa shape index (κ3) is 10.5. The number of hydrogen-bond acceptors (Lipinski definition) is 10. The number of benzene rings is 4. The van der Waals surface area contributed by atoms with Crippen LogP contribution in [0.3, 0.4) is 0 Å². The number of nitrogens with zero attached hydrogens (tertiary/aromatic N) is 2. The van der Waals surface area contributed by atoms with Crippen molar-refractivity contribution >= 4 is 48.4 Å². The molecule has 0 fully saturated rings. The lowest BCUT2D eigenvalue weighted by molar-refractivity contribution is -0.145. The largest absolute Gasteiger partial charge is 0.508 e. The van der Waals surface area contributed by atoms with E-state index in [0.717, 1.165) is 62.7 Å². The highest BCUT2D eigenvalue weighted by Crippen LogP contribution is 2.46. The van der Waals surface area contributed by atoms with Gasteiger partial charge in [-0.1, -0.05) is 89.8 Å². The van der Waals surface area contributed by atoms with E-state index in [2.05, 4.69) is 37.5 Å². The molecular formula is C46H60N2O8S2. The molecule has 0 amide bonds. The average molecular weight is 833 g/mol. The van der Waals surface area contributed by atoms with Crippen molar-refractivity contribution in [2.24, 2.45) is 10.8 Å². The molecule has 0 bridgehead atoms. The first-order chi connectivity index (χ1) is 27.7. The van der Waals surface area contributed by atoms with E-state index in [-0.39, 0.29) is 51.1 Å². The number of carbonyl (C=O) groups excluding carboxylic acids is 1. The molecule has 0 spiro atoms. The van der Waals surface area contributed by atoms with E-state index in [1.807, 2.05) is 60.7 Å². The van der Waals surface area contributed by atoms with E-state index in [1.165, 1.54) is 6.07 Å². The molecule has 4 aromatic carbocycles. The highest BCUT2D eigenvalue weighted by atomic mass is 32.2. The minimum Gasteiger partial charge on any atom is -0.508 e. The molecule has 2 atom stereocenters. The summed E-state index contributed by atoms with van der Waals surface area (Å²) in [6, 6.07) is 29.5. The minimum absolute atomic E-state index is 0.0158. The van der Waals surface area contributed by atoms with Gasteiger partial charge in [0.05, 0.1) is 39.3 Å². The molecular weight excluding hydrogens is 773 g/mol. The number of esters is 1. The first-order valence-electron chi connectivity index (χ1n) is 20.6. The number of ether oxygens (including phenoxy) is 2. The fourth-order valence-corrected chi connectivity index (χ4v) is 12.5. The summed E-state index contributed by atoms with van der Waals surface area (Å²) in [5.74, 6) is 0.0504. The number of carbonyl (C=O) groups is 1. The summed E-state index contributed by atoms with van der Waals surface area (Å²) < 4.78 is 64.1. The number of aromatic hydroxyl groups is 1. The number of sulfone groups is 2. The Bertz CT molecular complexity index is 2200. The molecule has 0 saturated heterocycles. The lowest BCUT2D eigenvalue weighted by Crippen LogP contribution is -2.37. The van der Waals surface area contributed by atoms with Gasteiger partial charge in [0.25, 0.3) is 0 Å². The average Bonchev–Trinajstić information content (AvgIpc) is 3.39. The van der Waals surface area contributed by atoms with Crippen LogP contribution in [0.25, 0.3) is 0 Å². The smallest absolute Gasteiger partial charge is 0.344 e. The van der Waals surface area contributed by atoms with Gasteiger partial charge in [0, 0.05) is 47.4 Å². The quantitative estimate of drug-likeness (QED) is 0.123. The fraction of sp³-hybridized carbons (Fsp3) is 0.457. The predicted molar refractivity (Wildman–Crippen MR) is 232 cm³/mol. The number of hydrogen-bond donors (Lipinski definition) is 1. The first kappa shape index (κ1) is 44.6. The Morgan fingerprint density at radius 1 is 0.655 bits per heavy atom. The molecule has 2 heterocycles. The molecule has 6 rings (SSSR count). The molecule has 0 radical (unpaired) electrons. The van der Waals surface area contributed by atoms with Crippen LogP contribution in [0.4, 0.5) is 22.7 Å². The number of anilines is 4. The highest BCUT2D eigenvalue weighted by Gasteiger charge is 2.43. The van der Waals surface area contributed by atoms with Gasteiger partial charge in [0.15, 0.2) is 26.3 Å². The van der Waals surface area contributed by atoms with Crippen molar-refractivity contribution < 1.29 is 36.2 Å². The van der Waals surface area contributed by atoms with Gasteiger partial charge < -0.3 is 24.4 Å². The van der Waals surface area contributed by atoms with Gasteiger partial charge in [-0.25, -0.2) is 21.6 Å². The summed E-state index contributed by atoms with van der Waals surface area (Å²) >= 11 is 0. The standard InChI is InChI=1S/C25H33NO5S.C21H27NO3S/c1-4-7-15-25(5-2)18-26(20-11-9-8-10-12-20)22-14-13-21(31-17-24(27)30-6-3)16-23(22)32(28,29)19-25;1-3-5-13-21(4-2)15-22(17-9-7-6-8-10-17)19-12-11-18(23)14-20(19)26(24,25)16-21/h8-14,16H,4-7,15,17-19H2,1-3H3;6-12,14,23H,3-5,13,15-16H2,1-2H3. The summed E-state index contributed by atoms with van der Waals surface area (Å²) in [6.45, 7) is 11.5. The highest BCUT2D eigenvalue weighted by molar-refractivity contribution is 7.92. The van der Waals surface area contributed by atoms with E-state index < -0.39 is 25.6 Å². The second kappa shape index (κ2) is 19.5. The van der Waals surface area contributed by atoms with Gasteiger partial charge >= 0.3 is 5.97 Å². The van der Waals surface area contributed by atoms with E-state index >= 15 is 0 Å². The van der Waals surface area contributed by atoms with Crippen molar-refractivity contribution in [1.29, 1.82) is 0 Å². The summed E-state index contributed by atoms with van der Waals surface area (Å²) in [5, 5.41) is 9.91. The van der Waals surface area contributed by atoms with Crippen LogP contribution in [-0.4, -0.2) is 65.7 Å². The molecule has 2 aliphatic heterocycles. The van der Waals surface area contributed by atoms with Gasteiger partial charge in [-0.2, -0.15) is 0 Å². The lowest BCUT2D eigenvalue weighted by atomic mass is 9.81. The van der Waals surface area contributed by atoms with Crippen LogP contribution >= 0.6 is 0 Å². The number of para-hydroxylation sites is 2. The number of unbranched alkanes of at least 4 members (excludes halogenated alkanes) is 2. The third-order valence-electron chi connectivity index (χ3n) is 11.5. The Labute approximate surface area is 346 Å². The maximum Gasteiger partial charge on any atom is 0.344 e. The Morgan fingerprint density at radius 2 is 1.12 bits per heavy atom. The van der Waals surface area contributed by atoms with Gasteiger partial charge in [-0.3, -0.25) is 0 Å². The molecule has 0 aliphatic carbocycles. The topological polar surface area (TPSA) is 131 Å². The van der Waals surface area contributed by atoms with Gasteiger partial charge in [0.1, 0.15) is 11.5 Å². The van der Waals surface area contributed by atoms with E-state index in [0.29, 0.717) is 30.2 Å². The molecule has 4 aromatic rings. The van der Waals surface area contributed by atoms with Crippen LogP contribution in [-0.2, 0) is 29.2 Å². The zero-order valence-electron chi connectivity index (χ0n) is 34.7. The van der Waals surface area contributed by atoms with E-state index in [1.54, 1.807) is 37.3 Å². The number of phenolic OH excluding ortho intramolecular Hbond substituents is 1. The Kier molecular flexibility index (Phi) is 15.0. The van der Waals surface area contributed by atoms with Gasteiger partial charge in [0.2, 0.25) is 0 Å². The summed E-state index contributed by atoms with van der Waals surface area (Å²) in [5.41, 5.74) is 2.58. The molecule has 58 heavy (non-hydrogen) atoms. The Hall–Kier alpha value is -4.55. The molecule has 0 aromatic heterocycles. The number of rotatable bonds is 14. The molecule has 0 saturated carbocycles. The van der Waals surface area contributed by atoms with Crippen LogP contribution in [0.5, 0.6) is 11.5 Å². The van der Waals surface area contributed by atoms with Crippen LogP contribution in [0.15, 0.2) is 107 Å². The van der Waals surface area contributed by atoms with Crippen molar-refractivity contribution in [1.82, 2.24) is 0 Å². The van der Waals surface area contributed by atoms with Crippen molar-refractivity contribution in [2.75, 3.05) is 47.6 Å². The maximum atomic E-state index is 13.6. The van der Waals surface area contributed by atoms with Crippen LogP contribution < -0.4 is 14.5 Å². The second-order valence-corrected chi connectivity index (χ2v) is 19.6. The van der Waals surface area contributed by atoms with Crippen LogP contribution in [0.2, 0.25) is 0 Å². The van der Waals surface area contributed by atoms with Gasteiger partial charge in [-0.15, -0.1) is 0 Å². The van der Waals surface area contributed by atoms with Crippen molar-refractivity contribution in [3.8, 4) is 11.5 Å². The second-order valence-electron chi connectivity index (χ2n) is 15.7. The van der Waals surface area contributed by atoms with Crippen LogP contribution in [0.1, 0.15) is 86.0 Å². The minimum atomic E-state index is -3.58. The van der Waals surface area contributed by atoms with Gasteiger partial charge in [-0.05, 0) is 81.1 Å². The molecule has 10 nitrogen and oxygen atoms in total. The summed E-state index contributed by atoms with van der Waals surface area (Å²) in [6.07, 6.45) is 7.35. The van der Waals surface area contributed by atoms with Crippen molar-refractivity contribution in [3.05, 3.63) is 97.1 Å². The van der Waals surface area contributed by atoms with E-state index in [4.69, 9.17) is 9.47 Å². The van der Waals surface area contributed by atoms with Crippen molar-refractivity contribution in [3.63, 3.8) is 0 Å². The van der Waals surface area contributed by atoms with Crippen molar-refractivity contribution in [2.45, 2.75) is 95.8 Å². The lowest BCUT2D eigenvalue weighted by Gasteiger charge is -2.36. The molecule has 12 heteroatoms. The summed E-state index contributed by atoms with van der Waals surface area (Å²) in [4.78, 5) is 16.4. The predicted octanol–water partition coefficient (Wildman–Crippen LogP) is 10.0. The molecule has 2 unspecified atom stereocenters. The zero-order chi connectivity index (χ0) is 42.0. The first-order valence-corrected chi connectivity index (χ1v) is 23.9. The maximum absolute atomic E-state index is 13.6. The third-order valence-corrected chi connectivity index (χ3v) is 15.5. The van der Waals surface area contributed by atoms with E-state index in [9.17, 15) is 26.7 Å².